The van der Waals surface area contributed by atoms with Gasteiger partial charge < -0.3 is 5.32 Å². The highest BCUT2D eigenvalue weighted by atomic mass is 32.1. The van der Waals surface area contributed by atoms with Gasteiger partial charge in [-0.2, -0.15) is 0 Å². The van der Waals surface area contributed by atoms with Crippen LogP contribution in [0.4, 0.5) is 5.82 Å². The van der Waals surface area contributed by atoms with E-state index in [0.29, 0.717) is 6.54 Å². The Bertz CT molecular complexity index is 1160. The summed E-state index contributed by atoms with van der Waals surface area (Å²) in [6.07, 6.45) is 0.806. The van der Waals surface area contributed by atoms with Crippen molar-refractivity contribution in [1.82, 2.24) is 15.0 Å². The second-order valence-corrected chi connectivity index (χ2v) is 8.52. The van der Waals surface area contributed by atoms with Gasteiger partial charge in [-0.25, -0.2) is 15.0 Å². The summed E-state index contributed by atoms with van der Waals surface area (Å²) in [6.45, 7) is 8.86. The van der Waals surface area contributed by atoms with Gasteiger partial charge in [0.25, 0.3) is 0 Å². The quantitative estimate of drug-likeness (QED) is 0.418. The molecule has 4 rings (SSSR count). The number of hydrogen-bond acceptors (Lipinski definition) is 5. The lowest BCUT2D eigenvalue weighted by molar-refractivity contribution is 0.940. The Morgan fingerprint density at radius 2 is 1.63 bits per heavy atom. The van der Waals surface area contributed by atoms with E-state index in [1.54, 1.807) is 11.3 Å². The van der Waals surface area contributed by atoms with Gasteiger partial charge in [-0.15, -0.1) is 11.3 Å². The molecule has 0 bridgehead atoms. The molecule has 0 radical (unpaired) electrons. The Balaban J connectivity index is 1.55. The third kappa shape index (κ3) is 4.57. The predicted octanol–water partition coefficient (Wildman–Crippen LogP) is 6.04. The first-order chi connectivity index (χ1) is 14.5. The van der Waals surface area contributed by atoms with Gasteiger partial charge >= 0.3 is 0 Å². The minimum atomic E-state index is 0.638. The van der Waals surface area contributed by atoms with Crippen molar-refractivity contribution in [1.29, 1.82) is 0 Å². The fourth-order valence-corrected chi connectivity index (χ4v) is 4.41. The van der Waals surface area contributed by atoms with E-state index >= 15 is 0 Å². The molecule has 0 spiro atoms. The third-order valence-corrected chi connectivity index (χ3v) is 6.12. The zero-order chi connectivity index (χ0) is 21.1. The Morgan fingerprint density at radius 1 is 0.867 bits per heavy atom. The summed E-state index contributed by atoms with van der Waals surface area (Å²) in [5.41, 5.74) is 8.14. The van der Waals surface area contributed by atoms with Crippen LogP contribution in [0.15, 0.2) is 53.9 Å². The lowest BCUT2D eigenvalue weighted by Crippen LogP contribution is -2.10. The Hall–Kier alpha value is -3.05. The molecule has 4 nitrogen and oxygen atoms in total. The number of rotatable bonds is 6. The molecule has 30 heavy (non-hydrogen) atoms. The van der Waals surface area contributed by atoms with Crippen LogP contribution in [-0.4, -0.2) is 15.0 Å². The summed E-state index contributed by atoms with van der Waals surface area (Å²) >= 11 is 1.68. The predicted molar refractivity (Wildman–Crippen MR) is 125 cm³/mol. The maximum atomic E-state index is 4.84. The number of thiazole rings is 1. The van der Waals surface area contributed by atoms with Crippen LogP contribution in [0.25, 0.3) is 10.6 Å². The van der Waals surface area contributed by atoms with E-state index in [-0.39, 0.29) is 0 Å². The maximum Gasteiger partial charge on any atom is 0.133 e. The van der Waals surface area contributed by atoms with E-state index < -0.39 is 0 Å². The molecule has 4 aromatic rings. The molecule has 0 saturated heterocycles. The molecule has 5 heteroatoms. The average molecular weight is 415 g/mol. The number of aromatic nitrogens is 3. The van der Waals surface area contributed by atoms with Gasteiger partial charge in [-0.3, -0.25) is 0 Å². The van der Waals surface area contributed by atoms with Gasteiger partial charge in [-0.05, 0) is 38.8 Å². The van der Waals surface area contributed by atoms with Crippen molar-refractivity contribution in [2.75, 3.05) is 5.32 Å². The third-order valence-electron chi connectivity index (χ3n) is 5.19. The molecule has 0 fully saturated rings. The van der Waals surface area contributed by atoms with Crippen molar-refractivity contribution in [3.63, 3.8) is 0 Å². The topological polar surface area (TPSA) is 50.7 Å². The largest absolute Gasteiger partial charge is 0.364 e. The number of nitrogens with one attached hydrogen (secondary N) is 1. The van der Waals surface area contributed by atoms with Crippen molar-refractivity contribution in [3.8, 4) is 10.6 Å². The number of hydrogen-bond donors (Lipinski definition) is 1. The van der Waals surface area contributed by atoms with Gasteiger partial charge in [-0.1, -0.05) is 54.1 Å². The van der Waals surface area contributed by atoms with E-state index in [2.05, 4.69) is 85.0 Å². The van der Waals surface area contributed by atoms with Crippen LogP contribution in [0.5, 0.6) is 0 Å². The molecule has 0 aliphatic heterocycles. The molecule has 0 saturated carbocycles. The van der Waals surface area contributed by atoms with Crippen LogP contribution in [0.1, 0.15) is 39.5 Å². The van der Waals surface area contributed by atoms with Crippen LogP contribution in [0, 0.1) is 27.7 Å². The van der Waals surface area contributed by atoms with E-state index in [1.165, 1.54) is 22.3 Å². The first-order valence-electron chi connectivity index (χ1n) is 10.1. The molecule has 2 heterocycles. The monoisotopic (exact) mass is 414 g/mol. The summed E-state index contributed by atoms with van der Waals surface area (Å²) in [7, 11) is 0. The zero-order valence-electron chi connectivity index (χ0n) is 17.9. The van der Waals surface area contributed by atoms with Gasteiger partial charge in [0, 0.05) is 28.6 Å². The van der Waals surface area contributed by atoms with Crippen LogP contribution in [0.3, 0.4) is 0 Å². The minimum Gasteiger partial charge on any atom is -0.364 e. The summed E-state index contributed by atoms with van der Waals surface area (Å²) in [6, 6.07) is 17.0. The maximum absolute atomic E-state index is 4.84. The van der Waals surface area contributed by atoms with E-state index in [1.807, 2.05) is 6.92 Å². The fraction of sp³-hybridized carbons (Fsp3) is 0.240. The van der Waals surface area contributed by atoms with Gasteiger partial charge in [0.1, 0.15) is 16.6 Å². The van der Waals surface area contributed by atoms with Crippen molar-refractivity contribution < 1.29 is 0 Å². The number of nitrogens with zero attached hydrogens (tertiary/aromatic N) is 3. The first-order valence-corrected chi connectivity index (χ1v) is 11.0. The van der Waals surface area contributed by atoms with Gasteiger partial charge in [0.15, 0.2) is 0 Å². The summed E-state index contributed by atoms with van der Waals surface area (Å²) < 4.78 is 0. The molecule has 1 N–H and O–H groups in total. The lowest BCUT2D eigenvalue weighted by Gasteiger charge is -2.14. The summed E-state index contributed by atoms with van der Waals surface area (Å²) in [5, 5.41) is 6.69. The van der Waals surface area contributed by atoms with E-state index in [4.69, 9.17) is 9.97 Å². The standard InChI is InChI=1S/C25H26N4S/c1-16-9-11-20(12-10-16)13-23-18(3)27-19(4)28-24(23)26-14-21-15-30-25(29-21)22-8-6-5-7-17(22)2/h5-12,15H,13-14H2,1-4H3,(H,26,27,28). The smallest absolute Gasteiger partial charge is 0.133 e. The highest BCUT2D eigenvalue weighted by Crippen LogP contribution is 2.27. The van der Waals surface area contributed by atoms with E-state index in [0.717, 1.165) is 40.0 Å². The van der Waals surface area contributed by atoms with Crippen molar-refractivity contribution >= 4 is 17.2 Å². The second-order valence-electron chi connectivity index (χ2n) is 7.66. The van der Waals surface area contributed by atoms with Crippen molar-refractivity contribution in [2.45, 2.75) is 40.7 Å². The minimum absolute atomic E-state index is 0.638. The Labute approximate surface area is 182 Å². The average Bonchev–Trinajstić information content (AvgIpc) is 3.19. The lowest BCUT2D eigenvalue weighted by atomic mass is 10.0. The van der Waals surface area contributed by atoms with E-state index in [9.17, 15) is 0 Å². The van der Waals surface area contributed by atoms with Crippen LogP contribution < -0.4 is 5.32 Å². The van der Waals surface area contributed by atoms with Crippen molar-refractivity contribution in [3.05, 3.63) is 93.4 Å². The molecule has 152 valence electrons. The zero-order valence-corrected chi connectivity index (χ0v) is 18.7. The summed E-state index contributed by atoms with van der Waals surface area (Å²) in [5.74, 6) is 1.67. The van der Waals surface area contributed by atoms with Gasteiger partial charge in [0.2, 0.25) is 0 Å². The van der Waals surface area contributed by atoms with Crippen LogP contribution in [-0.2, 0) is 13.0 Å². The SMILES string of the molecule is Cc1ccc(Cc2c(C)nc(C)nc2NCc2csc(-c3ccccc3C)n2)cc1. The molecule has 0 atom stereocenters. The molecular formula is C25H26N4S. The molecule has 0 amide bonds. The molecule has 0 aliphatic rings. The second kappa shape index (κ2) is 8.76. The van der Waals surface area contributed by atoms with Gasteiger partial charge in [0.05, 0.1) is 12.2 Å². The summed E-state index contributed by atoms with van der Waals surface area (Å²) in [4.78, 5) is 14.1. The van der Waals surface area contributed by atoms with Crippen LogP contribution in [0.2, 0.25) is 0 Å². The number of aryl methyl sites for hydroxylation is 4. The molecule has 2 aromatic carbocycles. The Kier molecular flexibility index (Phi) is 5.91. The molecule has 0 aliphatic carbocycles. The van der Waals surface area contributed by atoms with Crippen LogP contribution >= 0.6 is 11.3 Å². The highest BCUT2D eigenvalue weighted by Gasteiger charge is 2.13. The molecule has 0 unspecified atom stereocenters. The number of benzene rings is 2. The highest BCUT2D eigenvalue weighted by molar-refractivity contribution is 7.13. The Morgan fingerprint density at radius 3 is 2.40 bits per heavy atom. The fourth-order valence-electron chi connectivity index (χ4n) is 3.50. The number of anilines is 1. The molecular weight excluding hydrogens is 388 g/mol. The molecule has 2 aromatic heterocycles. The normalized spacial score (nSPS) is 10.9. The first kappa shape index (κ1) is 20.2. The van der Waals surface area contributed by atoms with Crippen molar-refractivity contribution in [2.24, 2.45) is 0 Å².